The van der Waals surface area contributed by atoms with Gasteiger partial charge in [-0.15, -0.1) is 0 Å². The normalized spacial score (nSPS) is 20.9. The third-order valence-corrected chi connectivity index (χ3v) is 17.9. The standard InChI is InChI=1S/C22H24FNO5S.C22H24FNO4S2.C19H20FNO3/c23-17-3-1-15(2-4-17)19-7-8-24(22(26)30-10-9-25)12-16(19)13-27-18-5-6-20-21(11-18)29-14-28-20;23-17-3-1-15(2-4-17)19-7-8-24(22(25)30-10-9-29)12-16(19)13-26-18-5-6-20-21(11-18)28-14-27-20;20-15-3-1-13(2-4-15)17-7-8-21-10-14(17)11-22-16-5-6-18-19(9-16)24-12-23-18/h1-6,11,16,19,25H,7-10,12-14H2;1-6,11,16,19,29H,7-10,12-14H2;1-6,9,14,17,21H,7-8,10-12H2/t2*16-,19-;14-,17-/m000/s1. The molecule has 6 aromatic carbocycles. The van der Waals surface area contributed by atoms with Crippen LogP contribution >= 0.6 is 36.2 Å². The van der Waals surface area contributed by atoms with Crippen molar-refractivity contribution in [3.63, 3.8) is 0 Å². The maximum atomic E-state index is 13.4. The van der Waals surface area contributed by atoms with Crippen LogP contribution in [0.15, 0.2) is 127 Å². The fraction of sp³-hybridized carbons (Fsp3) is 0.397. The number of fused-ring (bicyclic) bond motifs is 3. The molecule has 0 radical (unpaired) electrons. The van der Waals surface area contributed by atoms with Crippen LogP contribution in [0.3, 0.4) is 0 Å². The Bertz CT molecular complexity index is 2970. The summed E-state index contributed by atoms with van der Waals surface area (Å²) in [4.78, 5) is 28.7. The lowest BCUT2D eigenvalue weighted by Crippen LogP contribution is -2.43. The second-order valence-corrected chi connectivity index (χ2v) is 23.4. The van der Waals surface area contributed by atoms with Crippen molar-refractivity contribution in [1.29, 1.82) is 0 Å². The summed E-state index contributed by atoms with van der Waals surface area (Å²) in [7, 11) is 0. The highest BCUT2D eigenvalue weighted by atomic mass is 32.2. The highest BCUT2D eigenvalue weighted by Gasteiger charge is 2.35. The summed E-state index contributed by atoms with van der Waals surface area (Å²) in [5, 5.41) is 12.5. The topological polar surface area (TPSA) is 156 Å². The molecule has 3 saturated heterocycles. The molecule has 0 saturated carbocycles. The molecule has 12 rings (SSSR count). The number of thiol groups is 1. The molecular weight excluding hydrogens is 1140 g/mol. The van der Waals surface area contributed by atoms with Crippen LogP contribution in [0.1, 0.15) is 53.7 Å². The molecule has 0 spiro atoms. The zero-order chi connectivity index (χ0) is 58.2. The van der Waals surface area contributed by atoms with Gasteiger partial charge >= 0.3 is 0 Å². The van der Waals surface area contributed by atoms with Crippen molar-refractivity contribution in [2.75, 3.05) is 103 Å². The molecule has 6 aromatic rings. The molecule has 21 heteroatoms. The zero-order valence-corrected chi connectivity index (χ0v) is 48.8. The average molecular weight is 1210 g/mol. The van der Waals surface area contributed by atoms with Crippen molar-refractivity contribution in [3.8, 4) is 51.7 Å². The zero-order valence-electron chi connectivity index (χ0n) is 46.3. The number of aliphatic hydroxyl groups excluding tert-OH is 1. The Morgan fingerprint density at radius 3 is 1.27 bits per heavy atom. The van der Waals surface area contributed by atoms with Crippen molar-refractivity contribution < 1.29 is 70.5 Å². The second-order valence-electron chi connectivity index (χ2n) is 20.9. The van der Waals surface area contributed by atoms with Crippen LogP contribution < -0.4 is 47.9 Å². The number of hydrogen-bond acceptors (Lipinski definition) is 16. The molecule has 6 aliphatic rings. The third kappa shape index (κ3) is 16.1. The number of nitrogens with one attached hydrogen (secondary N) is 1. The summed E-state index contributed by atoms with van der Waals surface area (Å²) in [5.41, 5.74) is 3.30. The van der Waals surface area contributed by atoms with Crippen LogP contribution in [0.25, 0.3) is 0 Å². The van der Waals surface area contributed by atoms with Crippen LogP contribution in [0.4, 0.5) is 22.8 Å². The number of piperidine rings is 3. The maximum Gasteiger partial charge on any atom is 0.281 e. The molecule has 0 unspecified atom stereocenters. The Morgan fingerprint density at radius 2 is 0.881 bits per heavy atom. The van der Waals surface area contributed by atoms with Gasteiger partial charge < -0.3 is 62.9 Å². The van der Waals surface area contributed by atoms with Crippen molar-refractivity contribution in [3.05, 3.63) is 162 Å². The number of aliphatic hydroxyl groups is 1. The third-order valence-electron chi connectivity index (χ3n) is 15.5. The molecule has 2 N–H and O–H groups in total. The SMILES string of the molecule is Fc1ccc([C@@H]2CCNC[C@H]2COc2ccc3c(c2)OCO3)cc1.O=C(SCCO)N1CC[C@@H](c2ccc(F)cc2)[C@H](COc2ccc3c(c2)OCO3)C1.O=C(SCCS)N1CC[C@@H](c2ccc(F)cc2)[C@H](COc2ccc3c(c2)OCO3)C1. The molecule has 0 aliphatic carbocycles. The number of carbonyl (C=O) groups excluding carboxylic acids is 2. The van der Waals surface area contributed by atoms with Gasteiger partial charge in [0.05, 0.1) is 26.4 Å². The largest absolute Gasteiger partial charge is 0.493 e. The van der Waals surface area contributed by atoms with E-state index in [1.54, 1.807) is 6.07 Å². The van der Waals surface area contributed by atoms with Gasteiger partial charge in [-0.2, -0.15) is 12.6 Å². The number of benzene rings is 6. The van der Waals surface area contributed by atoms with Gasteiger partial charge in [0.25, 0.3) is 10.5 Å². The van der Waals surface area contributed by atoms with Crippen LogP contribution in [0, 0.1) is 35.2 Å². The molecule has 2 amide bonds. The summed E-state index contributed by atoms with van der Waals surface area (Å²) < 4.78 is 90.3. The molecule has 446 valence electrons. The predicted molar refractivity (Wildman–Crippen MR) is 319 cm³/mol. The van der Waals surface area contributed by atoms with E-state index >= 15 is 0 Å². The van der Waals surface area contributed by atoms with Crippen LogP contribution in [0.5, 0.6) is 51.7 Å². The number of amides is 2. The lowest BCUT2D eigenvalue weighted by atomic mass is 9.81. The van der Waals surface area contributed by atoms with Gasteiger partial charge in [0.1, 0.15) is 34.7 Å². The summed E-state index contributed by atoms with van der Waals surface area (Å²) in [6.07, 6.45) is 2.61. The fourth-order valence-electron chi connectivity index (χ4n) is 11.2. The number of carbonyl (C=O) groups is 2. The monoisotopic (exact) mass is 1210 g/mol. The first-order valence-electron chi connectivity index (χ1n) is 28.2. The van der Waals surface area contributed by atoms with Gasteiger partial charge in [0, 0.05) is 80.2 Å². The Morgan fingerprint density at radius 1 is 0.512 bits per heavy atom. The van der Waals surface area contributed by atoms with Crippen molar-refractivity contribution >= 4 is 46.6 Å². The smallest absolute Gasteiger partial charge is 0.281 e. The summed E-state index contributed by atoms with van der Waals surface area (Å²) >= 11 is 6.62. The minimum atomic E-state index is -0.264. The van der Waals surface area contributed by atoms with Crippen LogP contribution in [-0.2, 0) is 0 Å². The fourth-order valence-corrected chi connectivity index (χ4v) is 12.7. The molecule has 15 nitrogen and oxygen atoms in total. The molecule has 6 heterocycles. The van der Waals surface area contributed by atoms with E-state index in [1.807, 2.05) is 94.7 Å². The Balaban J connectivity index is 0.000000141. The second kappa shape index (κ2) is 29.8. The molecular formula is C63H68F3N3O12S3. The predicted octanol–water partition coefficient (Wildman–Crippen LogP) is 12.0. The number of nitrogens with zero attached hydrogens (tertiary/aromatic N) is 2. The van der Waals surface area contributed by atoms with E-state index in [2.05, 4.69) is 17.9 Å². The van der Waals surface area contributed by atoms with Gasteiger partial charge in [-0.05, 0) is 139 Å². The highest BCUT2D eigenvalue weighted by Crippen LogP contribution is 2.41. The quantitative estimate of drug-likeness (QED) is 0.0786. The number of thioether (sulfide) groups is 2. The van der Waals surface area contributed by atoms with Crippen molar-refractivity contribution in [2.24, 2.45) is 17.8 Å². The van der Waals surface area contributed by atoms with Gasteiger partial charge in [0.15, 0.2) is 34.5 Å². The minimum Gasteiger partial charge on any atom is -0.493 e. The molecule has 84 heavy (non-hydrogen) atoms. The summed E-state index contributed by atoms with van der Waals surface area (Å²) in [5.74, 6) is 8.62. The lowest BCUT2D eigenvalue weighted by Gasteiger charge is -2.38. The van der Waals surface area contributed by atoms with Gasteiger partial charge in [0.2, 0.25) is 20.4 Å². The van der Waals surface area contributed by atoms with E-state index in [0.29, 0.717) is 110 Å². The Hall–Kier alpha value is -6.78. The van der Waals surface area contributed by atoms with E-state index in [0.717, 1.165) is 72.5 Å². The molecule has 0 bridgehead atoms. The molecule has 0 aromatic heterocycles. The first kappa shape index (κ1) is 60.3. The van der Waals surface area contributed by atoms with Crippen molar-refractivity contribution in [2.45, 2.75) is 37.0 Å². The van der Waals surface area contributed by atoms with Crippen LogP contribution in [-0.4, -0.2) is 129 Å². The number of rotatable bonds is 16. The molecule has 3 fully saturated rings. The summed E-state index contributed by atoms with van der Waals surface area (Å²) in [6.45, 7) is 6.45. The van der Waals surface area contributed by atoms with E-state index in [1.165, 1.54) is 53.7 Å². The summed E-state index contributed by atoms with van der Waals surface area (Å²) in [6, 6.07) is 36.7. The van der Waals surface area contributed by atoms with E-state index in [4.69, 9.17) is 47.7 Å². The first-order chi connectivity index (χ1) is 41.1. The number of ether oxygens (including phenoxy) is 9. The number of likely N-dealkylation sites (tertiary alicyclic amines) is 2. The first-order valence-corrected chi connectivity index (χ1v) is 30.8. The van der Waals surface area contributed by atoms with Gasteiger partial charge in [-0.1, -0.05) is 59.9 Å². The van der Waals surface area contributed by atoms with E-state index in [9.17, 15) is 22.8 Å². The maximum absolute atomic E-state index is 13.4. The number of hydrogen-bond donors (Lipinski definition) is 3. The molecule has 6 aliphatic heterocycles. The minimum absolute atomic E-state index is 0.0287. The Kier molecular flexibility index (Phi) is 21.4. The van der Waals surface area contributed by atoms with Crippen LogP contribution in [0.2, 0.25) is 0 Å². The van der Waals surface area contributed by atoms with E-state index in [-0.39, 0.29) is 78.6 Å². The Labute approximate surface area is 501 Å². The van der Waals surface area contributed by atoms with Gasteiger partial charge in [-0.3, -0.25) is 9.59 Å². The van der Waals surface area contributed by atoms with Gasteiger partial charge in [-0.25, -0.2) is 13.2 Å². The van der Waals surface area contributed by atoms with E-state index < -0.39 is 0 Å². The molecule has 6 atom stereocenters. The average Bonchev–Trinajstić information content (AvgIpc) is 4.47. The lowest BCUT2D eigenvalue weighted by molar-refractivity contribution is 0.133. The van der Waals surface area contributed by atoms with Crippen molar-refractivity contribution in [1.82, 2.24) is 15.1 Å². The highest BCUT2D eigenvalue weighted by molar-refractivity contribution is 8.14. The number of halogens is 3.